The van der Waals surface area contributed by atoms with Gasteiger partial charge in [0.15, 0.2) is 0 Å². The summed E-state index contributed by atoms with van der Waals surface area (Å²) >= 11 is 1.61. The molecule has 0 unspecified atom stereocenters. The molecule has 0 atom stereocenters. The Hall–Kier alpha value is -2.05. The first-order chi connectivity index (χ1) is 13.2. The van der Waals surface area contributed by atoms with Crippen molar-refractivity contribution in [2.45, 2.75) is 43.3 Å². The van der Waals surface area contributed by atoms with Crippen molar-refractivity contribution in [1.82, 2.24) is 0 Å². The van der Waals surface area contributed by atoms with Crippen molar-refractivity contribution in [1.29, 1.82) is 0 Å². The fourth-order valence-electron chi connectivity index (χ4n) is 2.68. The van der Waals surface area contributed by atoms with E-state index in [1.54, 1.807) is 17.8 Å². The molecule has 0 fully saturated rings. The van der Waals surface area contributed by atoms with E-state index in [-0.39, 0.29) is 5.56 Å². The van der Waals surface area contributed by atoms with E-state index in [2.05, 4.69) is 19.6 Å². The largest absolute Gasteiger partial charge is 0.465 e. The standard InChI is InChI=1S/C22H28O4SSi/c1-16-13-17(15-27-18-9-7-6-8-10-18)20(22(24)25-2)19(14-16)21(23)26-11-12-28(3,4)5/h6-10,13-14H,11-12,15H2,1-5H3. The summed E-state index contributed by atoms with van der Waals surface area (Å²) in [6, 6.07) is 14.5. The van der Waals surface area contributed by atoms with Gasteiger partial charge in [-0.05, 0) is 42.3 Å². The van der Waals surface area contributed by atoms with Gasteiger partial charge in [-0.3, -0.25) is 0 Å². The van der Waals surface area contributed by atoms with Crippen LogP contribution in [0.15, 0.2) is 47.4 Å². The highest BCUT2D eigenvalue weighted by Crippen LogP contribution is 2.28. The lowest BCUT2D eigenvalue weighted by molar-refractivity contribution is 0.0502. The van der Waals surface area contributed by atoms with Crippen LogP contribution in [0.3, 0.4) is 0 Å². The van der Waals surface area contributed by atoms with Gasteiger partial charge in [0.1, 0.15) is 0 Å². The first kappa shape index (κ1) is 22.2. The van der Waals surface area contributed by atoms with E-state index in [4.69, 9.17) is 9.47 Å². The Labute approximate surface area is 172 Å². The Morgan fingerprint density at radius 3 is 2.32 bits per heavy atom. The van der Waals surface area contributed by atoms with Crippen molar-refractivity contribution >= 4 is 31.8 Å². The number of carbonyl (C=O) groups is 2. The molecule has 6 heteroatoms. The lowest BCUT2D eigenvalue weighted by atomic mass is 9.99. The number of methoxy groups -OCH3 is 1. The maximum Gasteiger partial charge on any atom is 0.339 e. The van der Waals surface area contributed by atoms with Crippen LogP contribution in [-0.4, -0.2) is 33.7 Å². The fourth-order valence-corrected chi connectivity index (χ4v) is 4.30. The number of ether oxygens (including phenoxy) is 2. The van der Waals surface area contributed by atoms with Crippen molar-refractivity contribution in [2.75, 3.05) is 13.7 Å². The highest BCUT2D eigenvalue weighted by atomic mass is 32.2. The molecule has 0 aliphatic carbocycles. The number of thioether (sulfide) groups is 1. The SMILES string of the molecule is COC(=O)c1c(CSc2ccccc2)cc(C)cc1C(=O)OCC[Si](C)(C)C. The van der Waals surface area contributed by atoms with Crippen molar-refractivity contribution in [3.63, 3.8) is 0 Å². The molecule has 4 nitrogen and oxygen atoms in total. The quantitative estimate of drug-likeness (QED) is 0.320. The molecule has 0 spiro atoms. The summed E-state index contributed by atoms with van der Waals surface area (Å²) in [4.78, 5) is 26.3. The number of hydrogen-bond acceptors (Lipinski definition) is 5. The maximum atomic E-state index is 12.7. The van der Waals surface area contributed by atoms with Crippen LogP contribution in [0.4, 0.5) is 0 Å². The van der Waals surface area contributed by atoms with Gasteiger partial charge < -0.3 is 9.47 Å². The second kappa shape index (κ2) is 9.93. The molecule has 0 amide bonds. The zero-order valence-electron chi connectivity index (χ0n) is 17.2. The average molecular weight is 417 g/mol. The second-order valence-electron chi connectivity index (χ2n) is 7.89. The highest BCUT2D eigenvalue weighted by Gasteiger charge is 2.24. The van der Waals surface area contributed by atoms with E-state index < -0.39 is 20.0 Å². The van der Waals surface area contributed by atoms with E-state index in [9.17, 15) is 9.59 Å². The predicted octanol–water partition coefficient (Wildman–Crippen LogP) is 5.57. The Morgan fingerprint density at radius 2 is 1.71 bits per heavy atom. The predicted molar refractivity (Wildman–Crippen MR) is 117 cm³/mol. The molecule has 0 bridgehead atoms. The van der Waals surface area contributed by atoms with E-state index in [1.165, 1.54) is 7.11 Å². The van der Waals surface area contributed by atoms with Crippen LogP contribution < -0.4 is 0 Å². The molecule has 0 aromatic heterocycles. The molecular weight excluding hydrogens is 388 g/mol. The third-order valence-corrected chi connectivity index (χ3v) is 6.96. The van der Waals surface area contributed by atoms with Crippen molar-refractivity contribution in [3.8, 4) is 0 Å². The first-order valence-electron chi connectivity index (χ1n) is 9.28. The van der Waals surface area contributed by atoms with Crippen LogP contribution in [0.2, 0.25) is 25.7 Å². The highest BCUT2D eigenvalue weighted by molar-refractivity contribution is 7.98. The van der Waals surface area contributed by atoms with Crippen molar-refractivity contribution in [2.24, 2.45) is 0 Å². The molecule has 0 aliphatic rings. The van der Waals surface area contributed by atoms with Crippen LogP contribution >= 0.6 is 11.8 Å². The smallest absolute Gasteiger partial charge is 0.339 e. The molecule has 0 saturated heterocycles. The zero-order valence-corrected chi connectivity index (χ0v) is 19.0. The van der Waals surface area contributed by atoms with E-state index in [0.29, 0.717) is 17.9 Å². The summed E-state index contributed by atoms with van der Waals surface area (Å²) in [5, 5.41) is 0. The maximum absolute atomic E-state index is 12.7. The van der Waals surface area contributed by atoms with Crippen LogP contribution in [0.1, 0.15) is 31.8 Å². The number of carbonyl (C=O) groups excluding carboxylic acids is 2. The van der Waals surface area contributed by atoms with Gasteiger partial charge in [-0.25, -0.2) is 9.59 Å². The van der Waals surface area contributed by atoms with Gasteiger partial charge in [0.05, 0.1) is 24.8 Å². The van der Waals surface area contributed by atoms with Gasteiger partial charge in [0.2, 0.25) is 0 Å². The minimum atomic E-state index is -1.31. The summed E-state index contributed by atoms with van der Waals surface area (Å²) in [5.74, 6) is -0.417. The van der Waals surface area contributed by atoms with Gasteiger partial charge in [-0.15, -0.1) is 11.8 Å². The zero-order chi connectivity index (χ0) is 20.7. The molecule has 2 aromatic carbocycles. The monoisotopic (exact) mass is 416 g/mol. The number of hydrogen-bond donors (Lipinski definition) is 0. The third-order valence-electron chi connectivity index (χ3n) is 4.20. The van der Waals surface area contributed by atoms with Crippen LogP contribution in [0, 0.1) is 6.92 Å². The fraction of sp³-hybridized carbons (Fsp3) is 0.364. The van der Waals surface area contributed by atoms with Crippen molar-refractivity contribution in [3.05, 3.63) is 64.7 Å². The number of benzene rings is 2. The van der Waals surface area contributed by atoms with Gasteiger partial charge in [0, 0.05) is 18.7 Å². The number of aryl methyl sites for hydroxylation is 1. The molecule has 0 aliphatic heterocycles. The minimum absolute atomic E-state index is 0.283. The molecule has 150 valence electrons. The summed E-state index contributed by atoms with van der Waals surface area (Å²) in [6.07, 6.45) is 0. The summed E-state index contributed by atoms with van der Waals surface area (Å²) in [6.45, 7) is 8.97. The summed E-state index contributed by atoms with van der Waals surface area (Å²) in [5.41, 5.74) is 2.27. The Bertz CT molecular complexity index is 828. The molecule has 28 heavy (non-hydrogen) atoms. The molecule has 0 radical (unpaired) electrons. The third kappa shape index (κ3) is 6.53. The van der Waals surface area contributed by atoms with Crippen LogP contribution in [-0.2, 0) is 15.2 Å². The molecule has 2 aromatic rings. The van der Waals surface area contributed by atoms with Gasteiger partial charge in [-0.1, -0.05) is 43.9 Å². The number of esters is 2. The van der Waals surface area contributed by atoms with E-state index >= 15 is 0 Å². The molecular formula is C22H28O4SSi. The van der Waals surface area contributed by atoms with Gasteiger partial charge >= 0.3 is 11.9 Å². The van der Waals surface area contributed by atoms with Crippen molar-refractivity contribution < 1.29 is 19.1 Å². The van der Waals surface area contributed by atoms with Gasteiger partial charge in [-0.2, -0.15) is 0 Å². The molecule has 0 saturated carbocycles. The Balaban J connectivity index is 2.29. The Kier molecular flexibility index (Phi) is 7.89. The first-order valence-corrected chi connectivity index (χ1v) is 14.0. The lowest BCUT2D eigenvalue weighted by Crippen LogP contribution is -2.23. The molecule has 0 N–H and O–H groups in total. The normalized spacial score (nSPS) is 11.2. The van der Waals surface area contributed by atoms with E-state index in [1.807, 2.05) is 43.3 Å². The van der Waals surface area contributed by atoms with Crippen LogP contribution in [0.25, 0.3) is 0 Å². The minimum Gasteiger partial charge on any atom is -0.465 e. The average Bonchev–Trinajstić information content (AvgIpc) is 2.65. The Morgan fingerprint density at radius 1 is 1.04 bits per heavy atom. The lowest BCUT2D eigenvalue weighted by Gasteiger charge is -2.17. The molecule has 0 heterocycles. The molecule has 2 rings (SSSR count). The van der Waals surface area contributed by atoms with Crippen LogP contribution in [0.5, 0.6) is 0 Å². The summed E-state index contributed by atoms with van der Waals surface area (Å²) < 4.78 is 10.5. The second-order valence-corrected chi connectivity index (χ2v) is 14.6. The number of rotatable bonds is 8. The van der Waals surface area contributed by atoms with Gasteiger partial charge in [0.25, 0.3) is 0 Å². The van der Waals surface area contributed by atoms with E-state index in [0.717, 1.165) is 22.1 Å². The topological polar surface area (TPSA) is 52.6 Å². The summed E-state index contributed by atoms with van der Waals surface area (Å²) in [7, 11) is 0.0185.